The molecule has 2 aromatic carbocycles. The van der Waals surface area contributed by atoms with Crippen LogP contribution in [-0.2, 0) is 4.79 Å². The van der Waals surface area contributed by atoms with E-state index < -0.39 is 6.04 Å². The van der Waals surface area contributed by atoms with Crippen LogP contribution in [0, 0.1) is 0 Å². The maximum absolute atomic E-state index is 13.5. The van der Waals surface area contributed by atoms with E-state index in [4.69, 9.17) is 9.47 Å². The van der Waals surface area contributed by atoms with Gasteiger partial charge < -0.3 is 14.8 Å². The van der Waals surface area contributed by atoms with Crippen molar-refractivity contribution >= 4 is 11.7 Å². The number of hydrogen-bond acceptors (Lipinski definition) is 6. The molecule has 0 saturated heterocycles. The van der Waals surface area contributed by atoms with Crippen LogP contribution in [0.25, 0.3) is 0 Å². The normalized spacial score (nSPS) is 20.3. The van der Waals surface area contributed by atoms with Gasteiger partial charge in [0, 0.05) is 23.3 Å². The number of benzene rings is 2. The van der Waals surface area contributed by atoms with E-state index in [0.29, 0.717) is 29.4 Å². The summed E-state index contributed by atoms with van der Waals surface area (Å²) in [7, 11) is 3.21. The Bertz CT molecular complexity index is 1140. The lowest BCUT2D eigenvalue weighted by atomic mass is 9.78. The number of carbonyl (C=O) groups is 1. The third-order valence-corrected chi connectivity index (χ3v) is 5.86. The van der Waals surface area contributed by atoms with Crippen LogP contribution in [0.5, 0.6) is 11.5 Å². The maximum Gasteiger partial charge on any atom is 0.226 e. The Morgan fingerprint density at radius 2 is 1.87 bits per heavy atom. The number of anilines is 1. The maximum atomic E-state index is 13.5. The smallest absolute Gasteiger partial charge is 0.226 e. The number of ether oxygens (including phenoxy) is 2. The van der Waals surface area contributed by atoms with Gasteiger partial charge in [0.15, 0.2) is 17.3 Å². The summed E-state index contributed by atoms with van der Waals surface area (Å²) in [6.07, 6.45) is 2.69. The molecule has 0 bridgehead atoms. The van der Waals surface area contributed by atoms with Crippen molar-refractivity contribution in [3.8, 4) is 11.5 Å². The quantitative estimate of drug-likeness (QED) is 0.717. The molecule has 3 aromatic rings. The van der Waals surface area contributed by atoms with Crippen LogP contribution in [0.4, 0.5) is 5.95 Å². The topological polar surface area (TPSA) is 78.3 Å². The number of para-hydroxylation sites is 1. The van der Waals surface area contributed by atoms with Gasteiger partial charge in [-0.25, -0.2) is 4.68 Å². The van der Waals surface area contributed by atoms with E-state index in [1.165, 1.54) is 11.9 Å². The zero-order valence-corrected chi connectivity index (χ0v) is 16.8. The summed E-state index contributed by atoms with van der Waals surface area (Å²) < 4.78 is 12.9. The number of methoxy groups -OCH3 is 2. The van der Waals surface area contributed by atoms with Crippen molar-refractivity contribution < 1.29 is 14.3 Å². The van der Waals surface area contributed by atoms with Crippen LogP contribution in [0.1, 0.15) is 35.9 Å². The lowest BCUT2D eigenvalue weighted by Gasteiger charge is -2.35. The van der Waals surface area contributed by atoms with Crippen molar-refractivity contribution in [2.24, 2.45) is 0 Å². The van der Waals surface area contributed by atoms with Crippen LogP contribution in [-0.4, -0.2) is 34.8 Å². The standard InChI is InChI=1S/C23H22N4O3/c1-29-19-10-6-9-16(22(19)30-2)21-20-17(26-23-24-13-25-27(21)23)11-15(12-18(20)28)14-7-4-3-5-8-14/h3-10,13,15,21H,11-12H2,1-2H3,(H,24,25,26)/t15-,21-/m0/s1. The Morgan fingerprint density at radius 3 is 2.63 bits per heavy atom. The molecule has 1 aliphatic heterocycles. The van der Waals surface area contributed by atoms with E-state index in [2.05, 4.69) is 27.5 Å². The Hall–Kier alpha value is -3.61. The van der Waals surface area contributed by atoms with Gasteiger partial charge in [0.05, 0.1) is 14.2 Å². The van der Waals surface area contributed by atoms with Gasteiger partial charge >= 0.3 is 0 Å². The minimum atomic E-state index is -0.423. The first-order valence-electron chi connectivity index (χ1n) is 9.90. The largest absolute Gasteiger partial charge is 0.493 e. The summed E-state index contributed by atoms with van der Waals surface area (Å²) in [6, 6.07) is 15.4. The van der Waals surface area contributed by atoms with Crippen molar-refractivity contribution in [1.29, 1.82) is 0 Å². The van der Waals surface area contributed by atoms with Crippen LogP contribution in [0.15, 0.2) is 66.1 Å². The van der Waals surface area contributed by atoms with E-state index in [-0.39, 0.29) is 11.7 Å². The molecule has 0 radical (unpaired) electrons. The molecule has 0 amide bonds. The Kier molecular flexibility index (Phi) is 4.50. The summed E-state index contributed by atoms with van der Waals surface area (Å²) >= 11 is 0. The highest BCUT2D eigenvalue weighted by atomic mass is 16.5. The fourth-order valence-corrected chi connectivity index (χ4v) is 4.53. The van der Waals surface area contributed by atoms with Crippen molar-refractivity contribution in [1.82, 2.24) is 14.8 Å². The molecule has 2 heterocycles. The predicted molar refractivity (Wildman–Crippen MR) is 112 cm³/mol. The van der Waals surface area contributed by atoms with E-state index in [1.54, 1.807) is 18.9 Å². The lowest BCUT2D eigenvalue weighted by Crippen LogP contribution is -2.33. The molecule has 152 valence electrons. The number of nitrogens with one attached hydrogen (secondary N) is 1. The van der Waals surface area contributed by atoms with Crippen LogP contribution in [0.2, 0.25) is 0 Å². The molecule has 2 aliphatic rings. The molecule has 7 nitrogen and oxygen atoms in total. The third kappa shape index (κ3) is 2.85. The van der Waals surface area contributed by atoms with Gasteiger partial charge in [-0.1, -0.05) is 42.5 Å². The van der Waals surface area contributed by atoms with E-state index >= 15 is 0 Å². The number of carbonyl (C=O) groups excluding carboxylic acids is 1. The molecule has 7 heteroatoms. The number of rotatable bonds is 4. The molecule has 5 rings (SSSR count). The molecular weight excluding hydrogens is 380 g/mol. The Balaban J connectivity index is 1.65. The second-order valence-electron chi connectivity index (χ2n) is 7.47. The molecular formula is C23H22N4O3. The second kappa shape index (κ2) is 7.33. The molecule has 0 unspecified atom stereocenters. The van der Waals surface area contributed by atoms with Crippen molar-refractivity contribution in [2.75, 3.05) is 19.5 Å². The zero-order valence-electron chi connectivity index (χ0n) is 16.8. The number of nitrogens with zero attached hydrogens (tertiary/aromatic N) is 3. The number of aromatic nitrogens is 3. The minimum absolute atomic E-state index is 0.105. The molecule has 0 fully saturated rings. The van der Waals surface area contributed by atoms with Crippen LogP contribution in [0.3, 0.4) is 0 Å². The number of allylic oxidation sites excluding steroid dienone is 2. The van der Waals surface area contributed by atoms with Crippen molar-refractivity contribution in [3.05, 3.63) is 77.3 Å². The first-order chi connectivity index (χ1) is 14.7. The summed E-state index contributed by atoms with van der Waals surface area (Å²) in [5.41, 5.74) is 3.60. The molecule has 0 spiro atoms. The molecule has 2 atom stereocenters. The fourth-order valence-electron chi connectivity index (χ4n) is 4.53. The average molecular weight is 402 g/mol. The molecule has 1 N–H and O–H groups in total. The predicted octanol–water partition coefficient (Wildman–Crippen LogP) is 3.71. The highest BCUT2D eigenvalue weighted by molar-refractivity contribution is 6.00. The lowest BCUT2D eigenvalue weighted by molar-refractivity contribution is -0.116. The van der Waals surface area contributed by atoms with Gasteiger partial charge in [-0.3, -0.25) is 4.79 Å². The van der Waals surface area contributed by atoms with E-state index in [0.717, 1.165) is 17.7 Å². The van der Waals surface area contributed by atoms with E-state index in [1.807, 2.05) is 36.4 Å². The average Bonchev–Trinajstić information content (AvgIpc) is 3.25. The second-order valence-corrected chi connectivity index (χ2v) is 7.47. The first-order valence-corrected chi connectivity index (χ1v) is 9.90. The SMILES string of the molecule is COc1cccc([C@H]2C3=C(C[C@H](c4ccccc4)CC3=O)Nc3ncnn32)c1OC. The van der Waals surface area contributed by atoms with Gasteiger partial charge in [-0.05, 0) is 24.0 Å². The number of hydrogen-bond donors (Lipinski definition) is 1. The fraction of sp³-hybridized carbons (Fsp3) is 0.261. The monoisotopic (exact) mass is 402 g/mol. The van der Waals surface area contributed by atoms with Gasteiger partial charge in [0.25, 0.3) is 0 Å². The summed E-state index contributed by atoms with van der Waals surface area (Å²) in [4.78, 5) is 17.8. The Morgan fingerprint density at radius 1 is 1.03 bits per heavy atom. The molecule has 1 aromatic heterocycles. The van der Waals surface area contributed by atoms with E-state index in [9.17, 15) is 4.79 Å². The summed E-state index contributed by atoms with van der Waals surface area (Å²) in [5, 5.41) is 7.76. The minimum Gasteiger partial charge on any atom is -0.493 e. The highest BCUT2D eigenvalue weighted by Crippen LogP contribution is 2.47. The van der Waals surface area contributed by atoms with Gasteiger partial charge in [0.1, 0.15) is 12.4 Å². The number of ketones is 1. The molecule has 0 saturated carbocycles. The summed E-state index contributed by atoms with van der Waals surface area (Å²) in [6.45, 7) is 0. The molecule has 30 heavy (non-hydrogen) atoms. The third-order valence-electron chi connectivity index (χ3n) is 5.86. The zero-order chi connectivity index (χ0) is 20.7. The number of fused-ring (bicyclic) bond motifs is 1. The molecule has 1 aliphatic carbocycles. The summed E-state index contributed by atoms with van der Waals surface area (Å²) in [5.74, 6) is 2.06. The van der Waals surface area contributed by atoms with Gasteiger partial charge in [-0.2, -0.15) is 10.1 Å². The van der Waals surface area contributed by atoms with Gasteiger partial charge in [-0.15, -0.1) is 0 Å². The van der Waals surface area contributed by atoms with Crippen LogP contribution >= 0.6 is 0 Å². The first kappa shape index (κ1) is 18.4. The number of Topliss-reactive ketones (excluding diaryl/α,β-unsaturated/α-hetero) is 1. The van der Waals surface area contributed by atoms with Gasteiger partial charge in [0.2, 0.25) is 5.95 Å². The highest BCUT2D eigenvalue weighted by Gasteiger charge is 2.40. The van der Waals surface area contributed by atoms with Crippen molar-refractivity contribution in [2.45, 2.75) is 24.8 Å². The van der Waals surface area contributed by atoms with Crippen molar-refractivity contribution in [3.63, 3.8) is 0 Å². The van der Waals surface area contributed by atoms with Crippen LogP contribution < -0.4 is 14.8 Å². The Labute approximate surface area is 174 Å².